The molecule has 0 saturated carbocycles. The van der Waals surface area contributed by atoms with Crippen LogP contribution in [0.15, 0.2) is 65.1 Å². The second-order valence-corrected chi connectivity index (χ2v) is 5.38. The van der Waals surface area contributed by atoms with Crippen molar-refractivity contribution in [1.29, 1.82) is 0 Å². The molecule has 1 unspecified atom stereocenters. The van der Waals surface area contributed by atoms with Crippen LogP contribution in [-0.2, 0) is 10.7 Å². The van der Waals surface area contributed by atoms with Gasteiger partial charge in [0.25, 0.3) is 0 Å². The fourth-order valence-electron chi connectivity index (χ4n) is 2.65. The summed E-state index contributed by atoms with van der Waals surface area (Å²) in [6.07, 6.45) is -1.74. The molecule has 0 spiro atoms. The Balaban J connectivity index is 1.82. The topological polar surface area (TPSA) is 52.3 Å². The number of cyclic esters (lactones) is 1. The fraction of sp³-hybridized carbons (Fsp3) is 0.111. The number of aromatic nitrogens is 1. The average molecular weight is 327 g/mol. The highest BCUT2D eigenvalue weighted by Gasteiger charge is 2.55. The van der Waals surface area contributed by atoms with Crippen LogP contribution in [0.1, 0.15) is 27.9 Å². The van der Waals surface area contributed by atoms with Gasteiger partial charge in [-0.2, -0.15) is 8.78 Å². The smallest absolute Gasteiger partial charge is 0.361 e. The number of benzene rings is 2. The van der Waals surface area contributed by atoms with Gasteiger partial charge in [-0.15, -0.1) is 0 Å². The first-order valence-corrected chi connectivity index (χ1v) is 7.28. The van der Waals surface area contributed by atoms with E-state index in [-0.39, 0.29) is 11.5 Å². The first-order chi connectivity index (χ1) is 11.6. The molecule has 1 aliphatic rings. The number of carbonyl (C=O) groups excluding carboxylic acids is 1. The van der Waals surface area contributed by atoms with Crippen LogP contribution < -0.4 is 0 Å². The first-order valence-electron chi connectivity index (χ1n) is 7.28. The van der Waals surface area contributed by atoms with E-state index in [1.165, 1.54) is 12.1 Å². The molecule has 0 N–H and O–H groups in total. The SMILES string of the molecule is O=C1OC(c2ccccc2)C(F)(F)c2oc(-c3ccccc3)nc21. The number of halogens is 2. The van der Waals surface area contributed by atoms with E-state index in [9.17, 15) is 13.6 Å². The Hall–Kier alpha value is -3.02. The third-order valence-corrected chi connectivity index (χ3v) is 3.80. The van der Waals surface area contributed by atoms with Crippen LogP contribution in [0.25, 0.3) is 11.5 Å². The Labute approximate surface area is 135 Å². The van der Waals surface area contributed by atoms with Gasteiger partial charge in [-0.05, 0) is 17.7 Å². The van der Waals surface area contributed by atoms with Crippen molar-refractivity contribution in [3.63, 3.8) is 0 Å². The molecular weight excluding hydrogens is 316 g/mol. The number of ether oxygens (including phenoxy) is 1. The molecule has 0 aliphatic carbocycles. The highest BCUT2D eigenvalue weighted by atomic mass is 19.3. The van der Waals surface area contributed by atoms with Crippen LogP contribution in [0.4, 0.5) is 8.78 Å². The van der Waals surface area contributed by atoms with E-state index in [1.807, 2.05) is 0 Å². The minimum atomic E-state index is -3.51. The van der Waals surface area contributed by atoms with Gasteiger partial charge in [-0.3, -0.25) is 0 Å². The summed E-state index contributed by atoms with van der Waals surface area (Å²) in [5, 5.41) is 0. The molecule has 24 heavy (non-hydrogen) atoms. The molecule has 1 aromatic heterocycles. The highest BCUT2D eigenvalue weighted by Crippen LogP contribution is 2.48. The quantitative estimate of drug-likeness (QED) is 0.657. The third-order valence-electron chi connectivity index (χ3n) is 3.80. The van der Waals surface area contributed by atoms with Gasteiger partial charge in [0.1, 0.15) is 0 Å². The van der Waals surface area contributed by atoms with E-state index in [0.717, 1.165) is 0 Å². The number of esters is 1. The van der Waals surface area contributed by atoms with Crippen molar-refractivity contribution >= 4 is 5.97 Å². The van der Waals surface area contributed by atoms with E-state index in [2.05, 4.69) is 4.98 Å². The Morgan fingerprint density at radius 1 is 0.958 bits per heavy atom. The largest absolute Gasteiger partial charge is 0.446 e. The van der Waals surface area contributed by atoms with Crippen molar-refractivity contribution in [2.24, 2.45) is 0 Å². The zero-order valence-corrected chi connectivity index (χ0v) is 12.3. The Morgan fingerprint density at radius 3 is 2.25 bits per heavy atom. The van der Waals surface area contributed by atoms with Crippen LogP contribution in [-0.4, -0.2) is 11.0 Å². The minimum absolute atomic E-state index is 0.0362. The molecule has 0 fully saturated rings. The molecule has 0 amide bonds. The summed E-state index contributed by atoms with van der Waals surface area (Å²) in [6, 6.07) is 16.4. The van der Waals surface area contributed by atoms with E-state index < -0.39 is 29.4 Å². The lowest BCUT2D eigenvalue weighted by Gasteiger charge is -2.29. The molecule has 4 nitrogen and oxygen atoms in total. The summed E-state index contributed by atoms with van der Waals surface area (Å²) in [5.74, 6) is -5.22. The van der Waals surface area contributed by atoms with E-state index in [4.69, 9.17) is 9.15 Å². The maximum Gasteiger partial charge on any atom is 0.361 e. The Bertz CT molecular complexity index is 891. The van der Waals surface area contributed by atoms with Gasteiger partial charge in [-0.25, -0.2) is 9.78 Å². The lowest BCUT2D eigenvalue weighted by atomic mass is 9.98. The van der Waals surface area contributed by atoms with Crippen molar-refractivity contribution in [2.45, 2.75) is 12.0 Å². The van der Waals surface area contributed by atoms with Crippen molar-refractivity contribution in [3.05, 3.63) is 77.7 Å². The molecule has 1 aliphatic heterocycles. The van der Waals surface area contributed by atoms with Gasteiger partial charge >= 0.3 is 11.9 Å². The molecule has 2 heterocycles. The standard InChI is InChI=1S/C18H11F2NO3/c19-18(20)14(11-7-3-1-4-8-11)24-17(22)13-15(18)23-16(21-13)12-9-5-2-6-10-12/h1-10,14H. The van der Waals surface area contributed by atoms with Crippen LogP contribution in [0, 0.1) is 0 Å². The molecular formula is C18H11F2NO3. The lowest BCUT2D eigenvalue weighted by molar-refractivity contribution is -0.145. The molecule has 0 bridgehead atoms. The normalized spacial score (nSPS) is 18.8. The maximum atomic E-state index is 14.8. The first kappa shape index (κ1) is 14.6. The van der Waals surface area contributed by atoms with Crippen LogP contribution >= 0.6 is 0 Å². The molecule has 0 radical (unpaired) electrons. The monoisotopic (exact) mass is 327 g/mol. The van der Waals surface area contributed by atoms with Crippen LogP contribution in [0.3, 0.4) is 0 Å². The number of fused-ring (bicyclic) bond motifs is 1. The molecule has 4 rings (SSSR count). The van der Waals surface area contributed by atoms with Gasteiger partial charge in [0.2, 0.25) is 11.7 Å². The summed E-state index contributed by atoms with van der Waals surface area (Å²) in [7, 11) is 0. The van der Waals surface area contributed by atoms with Crippen LogP contribution in [0.5, 0.6) is 0 Å². The summed E-state index contributed by atoms with van der Waals surface area (Å²) in [4.78, 5) is 16.0. The number of hydrogen-bond acceptors (Lipinski definition) is 4. The number of hydrogen-bond donors (Lipinski definition) is 0. The number of oxazole rings is 1. The predicted molar refractivity (Wildman–Crippen MR) is 80.4 cm³/mol. The molecule has 2 aromatic carbocycles. The number of carbonyl (C=O) groups is 1. The van der Waals surface area contributed by atoms with Gasteiger partial charge in [-0.1, -0.05) is 48.5 Å². The Kier molecular flexibility index (Phi) is 3.19. The molecule has 0 saturated heterocycles. The number of alkyl halides is 2. The van der Waals surface area contributed by atoms with E-state index in [1.54, 1.807) is 48.5 Å². The van der Waals surface area contributed by atoms with Gasteiger partial charge in [0, 0.05) is 5.56 Å². The predicted octanol–water partition coefficient (Wildman–Crippen LogP) is 4.35. The summed E-state index contributed by atoms with van der Waals surface area (Å²) < 4.78 is 39.9. The van der Waals surface area contributed by atoms with E-state index >= 15 is 0 Å². The van der Waals surface area contributed by atoms with Gasteiger partial charge in [0.15, 0.2) is 11.8 Å². The lowest BCUT2D eigenvalue weighted by Crippen LogP contribution is -2.34. The summed E-state index contributed by atoms with van der Waals surface area (Å²) in [6.45, 7) is 0. The minimum Gasteiger partial charge on any atom is -0.446 e. The molecule has 120 valence electrons. The molecule has 6 heteroatoms. The second-order valence-electron chi connectivity index (χ2n) is 5.38. The highest BCUT2D eigenvalue weighted by molar-refractivity contribution is 5.90. The average Bonchev–Trinajstić information content (AvgIpc) is 3.07. The van der Waals surface area contributed by atoms with Crippen LogP contribution in [0.2, 0.25) is 0 Å². The molecule has 1 atom stereocenters. The van der Waals surface area contributed by atoms with Crippen molar-refractivity contribution in [1.82, 2.24) is 4.98 Å². The van der Waals surface area contributed by atoms with E-state index in [0.29, 0.717) is 5.56 Å². The second kappa shape index (κ2) is 5.26. The van der Waals surface area contributed by atoms with Crippen molar-refractivity contribution < 1.29 is 22.7 Å². The zero-order valence-electron chi connectivity index (χ0n) is 12.3. The van der Waals surface area contributed by atoms with Crippen molar-refractivity contribution in [2.75, 3.05) is 0 Å². The molecule has 3 aromatic rings. The van der Waals surface area contributed by atoms with Gasteiger partial charge < -0.3 is 9.15 Å². The number of nitrogens with zero attached hydrogens (tertiary/aromatic N) is 1. The summed E-state index contributed by atoms with van der Waals surface area (Å²) >= 11 is 0. The maximum absolute atomic E-state index is 14.8. The zero-order chi connectivity index (χ0) is 16.7. The number of rotatable bonds is 2. The summed E-state index contributed by atoms with van der Waals surface area (Å²) in [5.41, 5.74) is 0.219. The fourth-order valence-corrected chi connectivity index (χ4v) is 2.65. The van der Waals surface area contributed by atoms with Crippen molar-refractivity contribution in [3.8, 4) is 11.5 Å². The third kappa shape index (κ3) is 2.19. The van der Waals surface area contributed by atoms with Gasteiger partial charge in [0.05, 0.1) is 0 Å². The Morgan fingerprint density at radius 2 is 1.58 bits per heavy atom.